The van der Waals surface area contributed by atoms with Gasteiger partial charge in [-0.2, -0.15) is 8.78 Å². The maximum absolute atomic E-state index is 15.1. The van der Waals surface area contributed by atoms with Crippen LogP contribution in [0.15, 0.2) is 54.4 Å². The summed E-state index contributed by atoms with van der Waals surface area (Å²) < 4.78 is 133. The van der Waals surface area contributed by atoms with Crippen molar-refractivity contribution in [3.8, 4) is 16.9 Å². The summed E-state index contributed by atoms with van der Waals surface area (Å²) in [4.78, 5) is 0. The van der Waals surface area contributed by atoms with Gasteiger partial charge in [-0.25, -0.2) is 30.7 Å². The van der Waals surface area contributed by atoms with E-state index in [1.165, 1.54) is 0 Å². The number of alkyl halides is 2. The molecule has 0 radical (unpaired) electrons. The van der Waals surface area contributed by atoms with E-state index in [1.54, 1.807) is 19.1 Å². The van der Waals surface area contributed by atoms with Crippen molar-refractivity contribution in [2.24, 2.45) is 17.8 Å². The van der Waals surface area contributed by atoms with Gasteiger partial charge in [0.15, 0.2) is 23.3 Å². The Bertz CT molecular complexity index is 1490. The van der Waals surface area contributed by atoms with Gasteiger partial charge in [-0.3, -0.25) is 0 Å². The molecule has 10 heteroatoms. The number of benzene rings is 3. The highest BCUT2D eigenvalue weighted by atomic mass is 19.3. The van der Waals surface area contributed by atoms with Crippen LogP contribution in [-0.4, -0.2) is 6.11 Å². The van der Waals surface area contributed by atoms with Gasteiger partial charge in [0, 0.05) is 17.7 Å². The zero-order chi connectivity index (χ0) is 32.5. The minimum absolute atomic E-state index is 0.00777. The van der Waals surface area contributed by atoms with Crippen LogP contribution in [-0.2, 0) is 0 Å². The van der Waals surface area contributed by atoms with Gasteiger partial charge in [-0.05, 0) is 98.8 Å². The minimum atomic E-state index is -3.71. The maximum Gasteiger partial charge on any atom is 0.400 e. The third-order valence-corrected chi connectivity index (χ3v) is 9.41. The van der Waals surface area contributed by atoms with Crippen molar-refractivity contribution in [3.05, 3.63) is 94.6 Å². The van der Waals surface area contributed by atoms with E-state index in [-0.39, 0.29) is 30.7 Å². The fourth-order valence-electron chi connectivity index (χ4n) is 6.89. The summed E-state index contributed by atoms with van der Waals surface area (Å²) in [5.74, 6) is -10.5. The summed E-state index contributed by atoms with van der Waals surface area (Å²) in [5.41, 5.74) is -0.240. The molecule has 0 bridgehead atoms. The maximum atomic E-state index is 15.1. The molecule has 1 nitrogen and oxygen atoms in total. The average molecular weight is 641 g/mol. The molecule has 242 valence electrons. The SMILES string of the molecule is CC/C(F)=C(\F)c1ccc(C2CCC(C3CCC(C(F)(F)Oc4cc(F)c(-c5cc(F)c(F)c(F)c5)c(F)c4)CC3)CC2)cc1. The second-order valence-electron chi connectivity index (χ2n) is 12.1. The van der Waals surface area contributed by atoms with Gasteiger partial charge in [0.2, 0.25) is 0 Å². The zero-order valence-electron chi connectivity index (χ0n) is 24.6. The number of hydrogen-bond acceptors (Lipinski definition) is 1. The smallest absolute Gasteiger partial charge is 0.400 e. The molecule has 2 fully saturated rings. The van der Waals surface area contributed by atoms with Gasteiger partial charge >= 0.3 is 6.11 Å². The highest BCUT2D eigenvalue weighted by Gasteiger charge is 2.45. The Hall–Kier alpha value is -3.43. The third kappa shape index (κ3) is 7.20. The van der Waals surface area contributed by atoms with Gasteiger partial charge in [0.05, 0.1) is 11.5 Å². The normalized spacial score (nSPS) is 23.1. The van der Waals surface area contributed by atoms with Crippen LogP contribution in [0.5, 0.6) is 5.75 Å². The quantitative estimate of drug-likeness (QED) is 0.176. The van der Waals surface area contributed by atoms with E-state index in [2.05, 4.69) is 0 Å². The molecule has 3 aromatic rings. The Kier molecular flexibility index (Phi) is 9.89. The van der Waals surface area contributed by atoms with Gasteiger partial charge in [-0.1, -0.05) is 31.2 Å². The molecule has 0 N–H and O–H groups in total. The molecular weight excluding hydrogens is 607 g/mol. The molecule has 3 aromatic carbocycles. The first kappa shape index (κ1) is 32.9. The van der Waals surface area contributed by atoms with Crippen LogP contribution >= 0.6 is 0 Å². The first-order valence-corrected chi connectivity index (χ1v) is 15.2. The molecule has 2 saturated carbocycles. The lowest BCUT2D eigenvalue weighted by Crippen LogP contribution is -2.38. The Morgan fingerprint density at radius 1 is 0.711 bits per heavy atom. The first-order valence-electron chi connectivity index (χ1n) is 15.2. The molecule has 0 aromatic heterocycles. The van der Waals surface area contributed by atoms with Crippen LogP contribution in [0.4, 0.5) is 39.5 Å². The monoisotopic (exact) mass is 640 g/mol. The van der Waals surface area contributed by atoms with Gasteiger partial charge in [-0.15, -0.1) is 0 Å². The summed E-state index contributed by atoms with van der Waals surface area (Å²) in [6, 6.07) is 8.72. The largest absolute Gasteiger partial charge is 0.432 e. The number of allylic oxidation sites excluding steroid dienone is 1. The third-order valence-electron chi connectivity index (χ3n) is 9.41. The molecule has 45 heavy (non-hydrogen) atoms. The van der Waals surface area contributed by atoms with Crippen LogP contribution in [0, 0.1) is 46.8 Å². The van der Waals surface area contributed by atoms with Gasteiger partial charge in [0.25, 0.3) is 0 Å². The molecule has 0 atom stereocenters. The molecule has 0 amide bonds. The van der Waals surface area contributed by atoms with Crippen LogP contribution in [0.2, 0.25) is 0 Å². The van der Waals surface area contributed by atoms with E-state index in [0.29, 0.717) is 48.9 Å². The minimum Gasteiger partial charge on any atom is -0.432 e. The van der Waals surface area contributed by atoms with Crippen molar-refractivity contribution in [2.45, 2.75) is 76.7 Å². The molecule has 2 aliphatic carbocycles. The van der Waals surface area contributed by atoms with Crippen molar-refractivity contribution >= 4 is 5.83 Å². The van der Waals surface area contributed by atoms with E-state index in [1.807, 2.05) is 12.1 Å². The lowest BCUT2D eigenvalue weighted by molar-refractivity contribution is -0.224. The highest BCUT2D eigenvalue weighted by molar-refractivity contribution is 5.66. The average Bonchev–Trinajstić information content (AvgIpc) is 3.02. The Morgan fingerprint density at radius 3 is 1.73 bits per heavy atom. The Labute approximate surface area is 256 Å². The van der Waals surface area contributed by atoms with Crippen LogP contribution in [0.25, 0.3) is 17.0 Å². The van der Waals surface area contributed by atoms with Crippen LogP contribution < -0.4 is 4.74 Å². The standard InChI is InChI=1S/C35H33F9O/c1-2-27(36)33(41)23-9-7-21(8-10-23)19-3-5-20(6-4-19)22-11-13-25(14-12-22)35(43,44)45-26-17-28(37)32(29(38)18-26)24-15-30(39)34(42)31(40)16-24/h7-10,15-20,22,25H,2-6,11-14H2,1H3/b33-27+. The summed E-state index contributed by atoms with van der Waals surface area (Å²) >= 11 is 0. The van der Waals surface area contributed by atoms with Crippen molar-refractivity contribution < 1.29 is 44.3 Å². The summed E-state index contributed by atoms with van der Waals surface area (Å²) in [7, 11) is 0. The number of rotatable bonds is 8. The molecule has 2 aliphatic rings. The Morgan fingerprint density at radius 2 is 1.22 bits per heavy atom. The van der Waals surface area contributed by atoms with E-state index in [0.717, 1.165) is 31.2 Å². The molecule has 0 heterocycles. The lowest BCUT2D eigenvalue weighted by Gasteiger charge is -2.39. The lowest BCUT2D eigenvalue weighted by atomic mass is 9.68. The second kappa shape index (κ2) is 13.5. The molecule has 0 aliphatic heterocycles. The van der Waals surface area contributed by atoms with Gasteiger partial charge < -0.3 is 4.74 Å². The highest BCUT2D eigenvalue weighted by Crippen LogP contribution is 2.47. The second-order valence-corrected chi connectivity index (χ2v) is 12.1. The van der Waals surface area contributed by atoms with Crippen molar-refractivity contribution in [3.63, 3.8) is 0 Å². The summed E-state index contributed by atoms with van der Waals surface area (Å²) in [5, 5.41) is 0. The fraction of sp³-hybridized carbons (Fsp3) is 0.429. The fourth-order valence-corrected chi connectivity index (χ4v) is 6.89. The number of ether oxygens (including phenoxy) is 1. The van der Waals surface area contributed by atoms with E-state index < -0.39 is 69.6 Å². The van der Waals surface area contributed by atoms with Crippen molar-refractivity contribution in [1.82, 2.24) is 0 Å². The summed E-state index contributed by atoms with van der Waals surface area (Å²) in [6.45, 7) is 1.55. The molecular formula is C35H33F9O. The molecule has 0 saturated heterocycles. The van der Waals surface area contributed by atoms with E-state index >= 15 is 8.78 Å². The first-order chi connectivity index (χ1) is 21.4. The molecule has 0 spiro atoms. The topological polar surface area (TPSA) is 9.23 Å². The van der Waals surface area contributed by atoms with E-state index in [9.17, 15) is 30.7 Å². The van der Waals surface area contributed by atoms with Crippen molar-refractivity contribution in [2.75, 3.05) is 0 Å². The molecule has 0 unspecified atom stereocenters. The number of halogens is 9. The van der Waals surface area contributed by atoms with Gasteiger partial charge in [0.1, 0.15) is 23.2 Å². The summed E-state index contributed by atoms with van der Waals surface area (Å²) in [6.07, 6.45) is 1.43. The number of hydrogen-bond donors (Lipinski definition) is 0. The predicted molar refractivity (Wildman–Crippen MR) is 153 cm³/mol. The zero-order valence-corrected chi connectivity index (χ0v) is 24.6. The Balaban J connectivity index is 1.15. The van der Waals surface area contributed by atoms with Crippen LogP contribution in [0.1, 0.15) is 81.8 Å². The van der Waals surface area contributed by atoms with E-state index in [4.69, 9.17) is 4.74 Å². The van der Waals surface area contributed by atoms with Crippen LogP contribution in [0.3, 0.4) is 0 Å². The predicted octanol–water partition coefficient (Wildman–Crippen LogP) is 11.8. The van der Waals surface area contributed by atoms with Crippen molar-refractivity contribution in [1.29, 1.82) is 0 Å². The molecule has 5 rings (SSSR count).